The largest absolute Gasteiger partial charge is 0.382 e. The van der Waals surface area contributed by atoms with Gasteiger partial charge in [0.1, 0.15) is 0 Å². The second kappa shape index (κ2) is 9.27. The SMILES string of the molecule is CCOCCCNC(=O)C1CCN(c2nnc(N3CCCC3=O)s2)CC1. The van der Waals surface area contributed by atoms with Crippen LogP contribution in [-0.4, -0.2) is 61.4 Å². The zero-order chi connectivity index (χ0) is 18.4. The molecule has 0 aliphatic carbocycles. The Balaban J connectivity index is 1.43. The van der Waals surface area contributed by atoms with Crippen LogP contribution in [0.15, 0.2) is 0 Å². The van der Waals surface area contributed by atoms with Crippen LogP contribution >= 0.6 is 11.3 Å². The Kier molecular flexibility index (Phi) is 6.79. The number of hydrogen-bond acceptors (Lipinski definition) is 7. The Labute approximate surface area is 157 Å². The molecule has 2 amide bonds. The van der Waals surface area contributed by atoms with E-state index in [9.17, 15) is 9.59 Å². The lowest BCUT2D eigenvalue weighted by Crippen LogP contribution is -2.41. The average molecular weight is 382 g/mol. The van der Waals surface area contributed by atoms with Crippen LogP contribution in [0.4, 0.5) is 10.3 Å². The number of anilines is 2. The van der Waals surface area contributed by atoms with Gasteiger partial charge >= 0.3 is 0 Å². The van der Waals surface area contributed by atoms with Crippen LogP contribution in [0.25, 0.3) is 0 Å². The van der Waals surface area contributed by atoms with Crippen LogP contribution in [0.1, 0.15) is 39.0 Å². The first-order valence-corrected chi connectivity index (χ1v) is 10.2. The quantitative estimate of drug-likeness (QED) is 0.686. The van der Waals surface area contributed by atoms with Gasteiger partial charge in [-0.15, -0.1) is 10.2 Å². The summed E-state index contributed by atoms with van der Waals surface area (Å²) in [5.41, 5.74) is 0. The van der Waals surface area contributed by atoms with Gasteiger partial charge in [0.2, 0.25) is 22.1 Å². The van der Waals surface area contributed by atoms with Crippen LogP contribution in [0.5, 0.6) is 0 Å². The minimum Gasteiger partial charge on any atom is -0.382 e. The molecule has 0 bridgehead atoms. The van der Waals surface area contributed by atoms with Crippen molar-refractivity contribution in [1.82, 2.24) is 15.5 Å². The molecular formula is C17H27N5O3S. The van der Waals surface area contributed by atoms with Gasteiger partial charge in [0, 0.05) is 51.7 Å². The number of aromatic nitrogens is 2. The van der Waals surface area contributed by atoms with Gasteiger partial charge in [0.15, 0.2) is 0 Å². The number of hydrogen-bond donors (Lipinski definition) is 1. The van der Waals surface area contributed by atoms with E-state index >= 15 is 0 Å². The molecule has 3 rings (SSSR count). The molecule has 1 aromatic rings. The van der Waals surface area contributed by atoms with E-state index in [1.807, 2.05) is 6.92 Å². The molecular weight excluding hydrogens is 354 g/mol. The van der Waals surface area contributed by atoms with Gasteiger partial charge in [0.25, 0.3) is 0 Å². The number of nitrogens with one attached hydrogen (secondary N) is 1. The van der Waals surface area contributed by atoms with Crippen molar-refractivity contribution >= 4 is 33.4 Å². The van der Waals surface area contributed by atoms with Crippen molar-refractivity contribution < 1.29 is 14.3 Å². The van der Waals surface area contributed by atoms with Crippen molar-refractivity contribution in [3.05, 3.63) is 0 Å². The molecule has 0 atom stereocenters. The molecule has 0 unspecified atom stereocenters. The summed E-state index contributed by atoms with van der Waals surface area (Å²) in [6, 6.07) is 0. The van der Waals surface area contributed by atoms with Crippen LogP contribution in [0.2, 0.25) is 0 Å². The standard InChI is InChI=1S/C17H27N5O3S/c1-2-25-12-4-8-18-15(24)13-6-10-21(11-7-13)16-19-20-17(26-16)22-9-3-5-14(22)23/h13H,2-12H2,1H3,(H,18,24). The summed E-state index contributed by atoms with van der Waals surface area (Å²) in [4.78, 5) is 28.0. The second-order valence-corrected chi connectivity index (χ2v) is 7.55. The number of piperidine rings is 1. The minimum absolute atomic E-state index is 0.0610. The number of carbonyl (C=O) groups is 2. The molecule has 9 heteroatoms. The van der Waals surface area contributed by atoms with E-state index in [-0.39, 0.29) is 17.7 Å². The first kappa shape index (κ1) is 19.0. The molecule has 0 aromatic carbocycles. The fourth-order valence-electron chi connectivity index (χ4n) is 3.30. The third kappa shape index (κ3) is 4.70. The third-order valence-electron chi connectivity index (χ3n) is 4.81. The third-order valence-corrected chi connectivity index (χ3v) is 5.82. The van der Waals surface area contributed by atoms with E-state index < -0.39 is 0 Å². The van der Waals surface area contributed by atoms with Gasteiger partial charge in [-0.25, -0.2) is 0 Å². The van der Waals surface area contributed by atoms with Crippen molar-refractivity contribution in [1.29, 1.82) is 0 Å². The van der Waals surface area contributed by atoms with Gasteiger partial charge in [0.05, 0.1) is 0 Å². The number of amides is 2. The highest BCUT2D eigenvalue weighted by molar-refractivity contribution is 7.19. The van der Waals surface area contributed by atoms with Crippen molar-refractivity contribution in [3.63, 3.8) is 0 Å². The Morgan fingerprint density at radius 3 is 2.73 bits per heavy atom. The van der Waals surface area contributed by atoms with Crippen LogP contribution in [0.3, 0.4) is 0 Å². The topological polar surface area (TPSA) is 87.7 Å². The number of nitrogens with zero attached hydrogens (tertiary/aromatic N) is 4. The number of ether oxygens (including phenoxy) is 1. The Bertz CT molecular complexity index is 615. The van der Waals surface area contributed by atoms with Gasteiger partial charge in [-0.2, -0.15) is 0 Å². The Morgan fingerprint density at radius 2 is 2.04 bits per heavy atom. The first-order valence-electron chi connectivity index (χ1n) is 9.43. The first-order chi connectivity index (χ1) is 12.7. The summed E-state index contributed by atoms with van der Waals surface area (Å²) in [6.07, 6.45) is 3.96. The fraction of sp³-hybridized carbons (Fsp3) is 0.765. The van der Waals surface area contributed by atoms with Gasteiger partial charge in [-0.1, -0.05) is 11.3 Å². The smallest absolute Gasteiger partial charge is 0.228 e. The zero-order valence-electron chi connectivity index (χ0n) is 15.3. The van der Waals surface area contributed by atoms with Crippen molar-refractivity contribution in [2.75, 3.05) is 49.2 Å². The highest BCUT2D eigenvalue weighted by atomic mass is 32.1. The molecule has 1 N–H and O–H groups in total. The fourth-order valence-corrected chi connectivity index (χ4v) is 4.24. The molecule has 3 heterocycles. The normalized spacial score (nSPS) is 18.6. The Morgan fingerprint density at radius 1 is 1.27 bits per heavy atom. The Hall–Kier alpha value is -1.74. The van der Waals surface area contributed by atoms with E-state index in [4.69, 9.17) is 4.74 Å². The monoisotopic (exact) mass is 381 g/mol. The minimum atomic E-state index is 0.0610. The summed E-state index contributed by atoms with van der Waals surface area (Å²) in [7, 11) is 0. The average Bonchev–Trinajstić information content (AvgIpc) is 3.30. The lowest BCUT2D eigenvalue weighted by atomic mass is 9.96. The van der Waals surface area contributed by atoms with Crippen LogP contribution in [-0.2, 0) is 14.3 Å². The molecule has 144 valence electrons. The van der Waals surface area contributed by atoms with Gasteiger partial charge in [-0.3, -0.25) is 14.5 Å². The van der Waals surface area contributed by atoms with E-state index in [2.05, 4.69) is 20.4 Å². The number of rotatable bonds is 8. The van der Waals surface area contributed by atoms with E-state index in [0.717, 1.165) is 50.4 Å². The molecule has 0 saturated carbocycles. The molecule has 8 nitrogen and oxygen atoms in total. The summed E-state index contributed by atoms with van der Waals surface area (Å²) < 4.78 is 5.28. The molecule has 0 spiro atoms. The summed E-state index contributed by atoms with van der Waals surface area (Å²) in [5.74, 6) is 0.333. The van der Waals surface area contributed by atoms with Crippen molar-refractivity contribution in [2.24, 2.45) is 5.92 Å². The molecule has 2 aliphatic heterocycles. The zero-order valence-corrected chi connectivity index (χ0v) is 16.1. The van der Waals surface area contributed by atoms with Crippen LogP contribution in [0, 0.1) is 5.92 Å². The number of carbonyl (C=O) groups excluding carboxylic acids is 2. The van der Waals surface area contributed by atoms with Gasteiger partial charge in [-0.05, 0) is 32.6 Å². The second-order valence-electron chi connectivity index (χ2n) is 6.62. The maximum atomic E-state index is 12.2. The maximum absolute atomic E-state index is 12.2. The predicted octanol–water partition coefficient (Wildman–Crippen LogP) is 1.42. The van der Waals surface area contributed by atoms with E-state index in [1.54, 1.807) is 4.90 Å². The molecule has 1 aromatic heterocycles. The van der Waals surface area contributed by atoms with E-state index in [0.29, 0.717) is 31.3 Å². The lowest BCUT2D eigenvalue weighted by Gasteiger charge is -2.30. The van der Waals surface area contributed by atoms with Gasteiger partial charge < -0.3 is 15.0 Å². The molecule has 2 saturated heterocycles. The molecule has 2 fully saturated rings. The molecule has 2 aliphatic rings. The predicted molar refractivity (Wildman–Crippen MR) is 101 cm³/mol. The van der Waals surface area contributed by atoms with Crippen molar-refractivity contribution in [2.45, 2.75) is 39.0 Å². The summed E-state index contributed by atoms with van der Waals surface area (Å²) in [6.45, 7) is 6.36. The highest BCUT2D eigenvalue weighted by Crippen LogP contribution is 2.32. The maximum Gasteiger partial charge on any atom is 0.228 e. The van der Waals surface area contributed by atoms with E-state index in [1.165, 1.54) is 11.3 Å². The molecule has 26 heavy (non-hydrogen) atoms. The lowest BCUT2D eigenvalue weighted by molar-refractivity contribution is -0.125. The summed E-state index contributed by atoms with van der Waals surface area (Å²) in [5, 5.41) is 13.0. The highest BCUT2D eigenvalue weighted by Gasteiger charge is 2.29. The molecule has 0 radical (unpaired) electrons. The van der Waals surface area contributed by atoms with Crippen LogP contribution < -0.4 is 15.1 Å². The summed E-state index contributed by atoms with van der Waals surface area (Å²) >= 11 is 1.47. The van der Waals surface area contributed by atoms with Crippen molar-refractivity contribution in [3.8, 4) is 0 Å².